The van der Waals surface area contributed by atoms with Crippen LogP contribution in [0.5, 0.6) is 17.2 Å². The van der Waals surface area contributed by atoms with E-state index in [1.165, 1.54) is 12.1 Å². The number of aryl methyl sites for hydroxylation is 2. The molecule has 0 bridgehead atoms. The average Bonchev–Trinajstić information content (AvgIpc) is 3.18. The number of ether oxygens (including phenoxy) is 4. The summed E-state index contributed by atoms with van der Waals surface area (Å²) in [6.07, 6.45) is 4.60. The molecule has 2 aromatic carbocycles. The third-order valence-corrected chi connectivity index (χ3v) is 6.10. The summed E-state index contributed by atoms with van der Waals surface area (Å²) in [4.78, 5) is 6.36. The number of hydrogen-bond acceptors (Lipinski definition) is 7. The smallest absolute Gasteiger partial charge is 0.161 e. The van der Waals surface area contributed by atoms with Crippen LogP contribution in [-0.2, 0) is 17.8 Å². The number of benzene rings is 2. The van der Waals surface area contributed by atoms with Gasteiger partial charge in [0.1, 0.15) is 29.6 Å². The third kappa shape index (κ3) is 7.19. The van der Waals surface area contributed by atoms with Gasteiger partial charge in [-0.05, 0) is 43.2 Å². The van der Waals surface area contributed by atoms with E-state index in [0.717, 1.165) is 24.4 Å². The van der Waals surface area contributed by atoms with Crippen LogP contribution in [0.2, 0.25) is 0 Å². The number of methoxy groups -OCH3 is 1. The van der Waals surface area contributed by atoms with Crippen molar-refractivity contribution in [1.29, 1.82) is 0 Å². The number of nitrogens with zero attached hydrogens (tertiary/aromatic N) is 3. The number of aliphatic hydroxyl groups is 1. The first kappa shape index (κ1) is 25.9. The lowest BCUT2D eigenvalue weighted by atomic mass is 10.1. The number of hydrogen-bond donors (Lipinski definition) is 1. The zero-order valence-corrected chi connectivity index (χ0v) is 20.9. The molecule has 9 heteroatoms. The Morgan fingerprint density at radius 3 is 2.83 bits per heavy atom. The molecule has 1 fully saturated rings. The Bertz CT molecular complexity index is 1120. The van der Waals surface area contributed by atoms with Crippen molar-refractivity contribution in [3.8, 4) is 17.2 Å². The highest BCUT2D eigenvalue weighted by Gasteiger charge is 2.33. The SMILES string of the molecule is COc1ccc(CN2CCOCC(O)(COc3cccc(F)c3)C2)cc1OCCCn1ccnc1C. The van der Waals surface area contributed by atoms with Gasteiger partial charge < -0.3 is 28.6 Å². The monoisotopic (exact) mass is 499 g/mol. The van der Waals surface area contributed by atoms with Crippen LogP contribution >= 0.6 is 0 Å². The second-order valence-corrected chi connectivity index (χ2v) is 9.09. The second kappa shape index (κ2) is 12.2. The van der Waals surface area contributed by atoms with Crippen LogP contribution in [0.25, 0.3) is 0 Å². The number of imidazole rings is 1. The van der Waals surface area contributed by atoms with Crippen molar-refractivity contribution < 1.29 is 28.4 Å². The molecular weight excluding hydrogens is 465 g/mol. The predicted molar refractivity (Wildman–Crippen MR) is 133 cm³/mol. The Morgan fingerprint density at radius 1 is 1.17 bits per heavy atom. The van der Waals surface area contributed by atoms with Gasteiger partial charge in [-0.3, -0.25) is 4.90 Å². The maximum Gasteiger partial charge on any atom is 0.161 e. The fraction of sp³-hybridized carbons (Fsp3) is 0.444. The van der Waals surface area contributed by atoms with Gasteiger partial charge in [-0.2, -0.15) is 0 Å². The molecule has 2 heterocycles. The van der Waals surface area contributed by atoms with E-state index >= 15 is 0 Å². The molecule has 1 unspecified atom stereocenters. The Kier molecular flexibility index (Phi) is 8.79. The van der Waals surface area contributed by atoms with Gasteiger partial charge in [-0.25, -0.2) is 9.37 Å². The minimum Gasteiger partial charge on any atom is -0.493 e. The molecule has 0 spiro atoms. The highest BCUT2D eigenvalue weighted by molar-refractivity contribution is 5.43. The first-order chi connectivity index (χ1) is 17.4. The molecule has 4 rings (SSSR count). The van der Waals surface area contributed by atoms with Gasteiger partial charge >= 0.3 is 0 Å². The van der Waals surface area contributed by atoms with Gasteiger partial charge in [0.15, 0.2) is 11.5 Å². The summed E-state index contributed by atoms with van der Waals surface area (Å²) in [5.41, 5.74) is -0.188. The second-order valence-electron chi connectivity index (χ2n) is 9.09. The van der Waals surface area contributed by atoms with Gasteiger partial charge in [0, 0.05) is 44.6 Å². The lowest BCUT2D eigenvalue weighted by Crippen LogP contribution is -2.48. The summed E-state index contributed by atoms with van der Waals surface area (Å²) >= 11 is 0. The van der Waals surface area contributed by atoms with E-state index in [1.807, 2.05) is 31.3 Å². The minimum absolute atomic E-state index is 0.000314. The van der Waals surface area contributed by atoms with Gasteiger partial charge in [0.05, 0.1) is 26.9 Å². The summed E-state index contributed by atoms with van der Waals surface area (Å²) in [5.74, 6) is 2.34. The fourth-order valence-corrected chi connectivity index (χ4v) is 4.24. The Balaban J connectivity index is 1.35. The molecule has 1 aromatic heterocycles. The predicted octanol–water partition coefficient (Wildman–Crippen LogP) is 3.45. The number of halogens is 1. The molecule has 1 saturated heterocycles. The molecule has 1 atom stereocenters. The van der Waals surface area contributed by atoms with E-state index in [9.17, 15) is 9.50 Å². The summed E-state index contributed by atoms with van der Waals surface area (Å²) in [5, 5.41) is 11.2. The largest absolute Gasteiger partial charge is 0.493 e. The molecule has 8 nitrogen and oxygen atoms in total. The zero-order valence-electron chi connectivity index (χ0n) is 20.9. The molecule has 0 saturated carbocycles. The first-order valence-electron chi connectivity index (χ1n) is 12.1. The normalized spacial score (nSPS) is 18.6. The lowest BCUT2D eigenvalue weighted by molar-refractivity contribution is -0.0647. The van der Waals surface area contributed by atoms with Gasteiger partial charge in [-0.15, -0.1) is 0 Å². The topological polar surface area (TPSA) is 78.2 Å². The molecule has 1 aliphatic heterocycles. The molecule has 3 aromatic rings. The van der Waals surface area contributed by atoms with E-state index in [-0.39, 0.29) is 19.0 Å². The quantitative estimate of drug-likeness (QED) is 0.405. The van der Waals surface area contributed by atoms with Crippen molar-refractivity contribution >= 4 is 0 Å². The van der Waals surface area contributed by atoms with E-state index in [1.54, 1.807) is 25.4 Å². The fourth-order valence-electron chi connectivity index (χ4n) is 4.24. The van der Waals surface area contributed by atoms with Crippen LogP contribution in [0.4, 0.5) is 4.39 Å². The maximum absolute atomic E-state index is 13.5. The molecule has 1 N–H and O–H groups in total. The molecule has 0 amide bonds. The summed E-state index contributed by atoms with van der Waals surface area (Å²) in [6.45, 7) is 5.62. The maximum atomic E-state index is 13.5. The Labute approximate surface area is 211 Å². The van der Waals surface area contributed by atoms with Crippen LogP contribution in [0, 0.1) is 12.7 Å². The third-order valence-electron chi connectivity index (χ3n) is 6.10. The van der Waals surface area contributed by atoms with Crippen molar-refractivity contribution in [2.45, 2.75) is 32.0 Å². The molecule has 0 radical (unpaired) electrons. The molecular formula is C27H34FN3O5. The van der Waals surface area contributed by atoms with Crippen LogP contribution < -0.4 is 14.2 Å². The van der Waals surface area contributed by atoms with Crippen molar-refractivity contribution in [3.05, 3.63) is 72.1 Å². The average molecular weight is 500 g/mol. The van der Waals surface area contributed by atoms with Crippen LogP contribution in [0.1, 0.15) is 17.8 Å². The summed E-state index contributed by atoms with van der Waals surface area (Å²) in [7, 11) is 1.63. The number of β-amino-alcohol motifs (C(OH)–C–C–N with tert-alkyl or cyclic N) is 1. The minimum atomic E-state index is -1.22. The Hall–Kier alpha value is -3.14. The van der Waals surface area contributed by atoms with E-state index in [2.05, 4.69) is 14.5 Å². The molecule has 0 aliphatic carbocycles. The zero-order chi connectivity index (χ0) is 25.4. The standard InChI is InChI=1S/C27H34FN3O5/c1-21-29-9-11-31(21)10-4-13-35-26-15-22(7-8-25(26)33-2)17-30-12-14-34-19-27(32,18-30)20-36-24-6-3-5-23(28)16-24/h3,5-9,11,15-16,32H,4,10,12-14,17-20H2,1-2H3. The summed E-state index contributed by atoms with van der Waals surface area (Å²) < 4.78 is 38.4. The Morgan fingerprint density at radius 2 is 2.06 bits per heavy atom. The van der Waals surface area contributed by atoms with Gasteiger partial charge in [-0.1, -0.05) is 12.1 Å². The van der Waals surface area contributed by atoms with E-state index in [0.29, 0.717) is 50.1 Å². The highest BCUT2D eigenvalue weighted by Crippen LogP contribution is 2.29. The number of rotatable bonds is 11. The van der Waals surface area contributed by atoms with Crippen LogP contribution in [0.3, 0.4) is 0 Å². The first-order valence-corrected chi connectivity index (χ1v) is 12.1. The highest BCUT2D eigenvalue weighted by atomic mass is 19.1. The molecule has 36 heavy (non-hydrogen) atoms. The van der Waals surface area contributed by atoms with Crippen LogP contribution in [-0.4, -0.2) is 71.8 Å². The van der Waals surface area contributed by atoms with Crippen molar-refractivity contribution in [2.75, 3.05) is 46.6 Å². The van der Waals surface area contributed by atoms with Gasteiger partial charge in [0.2, 0.25) is 0 Å². The van der Waals surface area contributed by atoms with Gasteiger partial charge in [0.25, 0.3) is 0 Å². The number of aromatic nitrogens is 2. The van der Waals surface area contributed by atoms with Crippen molar-refractivity contribution in [1.82, 2.24) is 14.5 Å². The van der Waals surface area contributed by atoms with Crippen molar-refractivity contribution in [2.24, 2.45) is 0 Å². The van der Waals surface area contributed by atoms with Crippen molar-refractivity contribution in [3.63, 3.8) is 0 Å². The van der Waals surface area contributed by atoms with E-state index in [4.69, 9.17) is 18.9 Å². The van der Waals surface area contributed by atoms with Crippen LogP contribution in [0.15, 0.2) is 54.9 Å². The lowest BCUT2D eigenvalue weighted by Gasteiger charge is -2.30. The van der Waals surface area contributed by atoms with E-state index < -0.39 is 5.60 Å². The molecule has 1 aliphatic rings. The molecule has 194 valence electrons. The summed E-state index contributed by atoms with van der Waals surface area (Å²) in [6, 6.07) is 11.8.